The molecule has 0 aliphatic rings. The molecular weight excluding hydrogens is 303 g/mol. The molecule has 7 heteroatoms. The third kappa shape index (κ3) is 4.65. The molecule has 1 heterocycles. The van der Waals surface area contributed by atoms with Crippen molar-refractivity contribution in [2.24, 2.45) is 0 Å². The molecule has 0 saturated heterocycles. The van der Waals surface area contributed by atoms with Gasteiger partial charge in [0.15, 0.2) is 0 Å². The molecular formula is C13H16Cl2N2O3. The van der Waals surface area contributed by atoms with Gasteiger partial charge in [-0.15, -0.1) is 0 Å². The van der Waals surface area contributed by atoms with Gasteiger partial charge in [-0.2, -0.15) is 0 Å². The van der Waals surface area contributed by atoms with Crippen molar-refractivity contribution in [1.82, 2.24) is 9.88 Å². The molecule has 1 N–H and O–H groups in total. The second kappa shape index (κ2) is 7.45. The first-order valence-corrected chi connectivity index (χ1v) is 6.93. The first-order valence-electron chi connectivity index (χ1n) is 6.17. The highest BCUT2D eigenvalue weighted by Gasteiger charge is 2.22. The van der Waals surface area contributed by atoms with E-state index >= 15 is 0 Å². The highest BCUT2D eigenvalue weighted by Crippen LogP contribution is 2.19. The summed E-state index contributed by atoms with van der Waals surface area (Å²) in [4.78, 5) is 28.4. The van der Waals surface area contributed by atoms with Gasteiger partial charge in [-0.05, 0) is 32.4 Å². The zero-order valence-electron chi connectivity index (χ0n) is 11.3. The summed E-state index contributed by atoms with van der Waals surface area (Å²) < 4.78 is 0. The van der Waals surface area contributed by atoms with Crippen LogP contribution < -0.4 is 0 Å². The number of rotatable bonds is 6. The van der Waals surface area contributed by atoms with Crippen LogP contribution in [0.1, 0.15) is 37.2 Å². The number of pyridine rings is 1. The number of carboxylic acid groups (broad SMARTS) is 1. The number of nitrogens with zero attached hydrogens (tertiary/aromatic N) is 2. The Morgan fingerprint density at radius 1 is 1.35 bits per heavy atom. The standard InChI is InChI=1S/C13H16Cl2N2O3/c1-8(2)17(7-3-4-11(18)19)13(20)12-9(14)5-6-10(15)16-12/h5-6,8H,3-4,7H2,1-2H3,(H,18,19). The molecule has 1 aromatic rings. The summed E-state index contributed by atoms with van der Waals surface area (Å²) >= 11 is 11.7. The largest absolute Gasteiger partial charge is 0.481 e. The van der Waals surface area contributed by atoms with Crippen LogP contribution in [0.3, 0.4) is 0 Å². The quantitative estimate of drug-likeness (QED) is 0.818. The average molecular weight is 319 g/mol. The van der Waals surface area contributed by atoms with Crippen LogP contribution in [0.25, 0.3) is 0 Å². The van der Waals surface area contributed by atoms with Crippen LogP contribution in [0.2, 0.25) is 10.2 Å². The third-order valence-electron chi connectivity index (χ3n) is 2.69. The van der Waals surface area contributed by atoms with Gasteiger partial charge in [-0.1, -0.05) is 23.2 Å². The Labute approximate surface area is 127 Å². The highest BCUT2D eigenvalue weighted by atomic mass is 35.5. The van der Waals surface area contributed by atoms with Crippen LogP contribution in [0.5, 0.6) is 0 Å². The number of aromatic nitrogens is 1. The van der Waals surface area contributed by atoms with Gasteiger partial charge in [0.2, 0.25) is 0 Å². The monoisotopic (exact) mass is 318 g/mol. The molecule has 20 heavy (non-hydrogen) atoms. The molecule has 5 nitrogen and oxygen atoms in total. The lowest BCUT2D eigenvalue weighted by atomic mass is 10.2. The zero-order chi connectivity index (χ0) is 15.3. The van der Waals surface area contributed by atoms with Crippen molar-refractivity contribution >= 4 is 35.1 Å². The molecule has 0 atom stereocenters. The Morgan fingerprint density at radius 3 is 2.55 bits per heavy atom. The summed E-state index contributed by atoms with van der Waals surface area (Å²) in [5, 5.41) is 9.06. The zero-order valence-corrected chi connectivity index (χ0v) is 12.8. The van der Waals surface area contributed by atoms with Gasteiger partial charge in [0.1, 0.15) is 10.8 Å². The fourth-order valence-electron chi connectivity index (χ4n) is 1.70. The number of amides is 1. The van der Waals surface area contributed by atoms with Crippen LogP contribution in [-0.4, -0.2) is 39.5 Å². The highest BCUT2D eigenvalue weighted by molar-refractivity contribution is 6.34. The first kappa shape index (κ1) is 16.7. The van der Waals surface area contributed by atoms with Gasteiger partial charge < -0.3 is 10.0 Å². The van der Waals surface area contributed by atoms with E-state index in [9.17, 15) is 9.59 Å². The molecule has 1 amide bonds. The Morgan fingerprint density at radius 2 is 2.00 bits per heavy atom. The van der Waals surface area contributed by atoms with Gasteiger partial charge in [-0.3, -0.25) is 9.59 Å². The average Bonchev–Trinajstić information content (AvgIpc) is 2.36. The van der Waals surface area contributed by atoms with E-state index in [1.165, 1.54) is 17.0 Å². The van der Waals surface area contributed by atoms with Crippen LogP contribution in [0, 0.1) is 0 Å². The van der Waals surface area contributed by atoms with E-state index in [0.29, 0.717) is 13.0 Å². The lowest BCUT2D eigenvalue weighted by Crippen LogP contribution is -2.38. The number of hydrogen-bond acceptors (Lipinski definition) is 3. The maximum atomic E-state index is 12.4. The SMILES string of the molecule is CC(C)N(CCCC(=O)O)C(=O)c1nc(Cl)ccc1Cl. The molecule has 0 radical (unpaired) electrons. The second-order valence-corrected chi connectivity index (χ2v) is 5.35. The molecule has 0 saturated carbocycles. The van der Waals surface area contributed by atoms with E-state index < -0.39 is 5.97 Å². The van der Waals surface area contributed by atoms with Crippen molar-refractivity contribution < 1.29 is 14.7 Å². The van der Waals surface area contributed by atoms with Gasteiger partial charge in [0.05, 0.1) is 5.02 Å². The Bertz CT molecular complexity index is 506. The molecule has 0 aliphatic heterocycles. The summed E-state index contributed by atoms with van der Waals surface area (Å²) in [5.41, 5.74) is 0.0863. The van der Waals surface area contributed by atoms with Crippen LogP contribution in [-0.2, 0) is 4.79 Å². The van der Waals surface area contributed by atoms with Crippen molar-refractivity contribution in [3.63, 3.8) is 0 Å². The minimum atomic E-state index is -0.889. The molecule has 0 fully saturated rings. The van der Waals surface area contributed by atoms with Crippen molar-refractivity contribution in [3.05, 3.63) is 28.0 Å². The maximum absolute atomic E-state index is 12.4. The third-order valence-corrected chi connectivity index (χ3v) is 3.20. The predicted molar refractivity (Wildman–Crippen MR) is 77.3 cm³/mol. The molecule has 1 rings (SSSR count). The first-order chi connectivity index (χ1) is 9.32. The molecule has 0 aliphatic carbocycles. The second-order valence-electron chi connectivity index (χ2n) is 4.55. The van der Waals surface area contributed by atoms with E-state index in [1.807, 2.05) is 13.8 Å². The molecule has 0 bridgehead atoms. The van der Waals surface area contributed by atoms with Gasteiger partial charge in [0.25, 0.3) is 5.91 Å². The maximum Gasteiger partial charge on any atom is 0.303 e. The number of carbonyl (C=O) groups is 2. The topological polar surface area (TPSA) is 70.5 Å². The van der Waals surface area contributed by atoms with Crippen molar-refractivity contribution in [3.8, 4) is 0 Å². The normalized spacial score (nSPS) is 10.7. The van der Waals surface area contributed by atoms with Crippen molar-refractivity contribution in [1.29, 1.82) is 0 Å². The van der Waals surface area contributed by atoms with E-state index in [0.717, 1.165) is 0 Å². The van der Waals surface area contributed by atoms with Gasteiger partial charge in [-0.25, -0.2) is 4.98 Å². The minimum Gasteiger partial charge on any atom is -0.481 e. The fourth-order valence-corrected chi connectivity index (χ4v) is 2.03. The lowest BCUT2D eigenvalue weighted by Gasteiger charge is -2.26. The van der Waals surface area contributed by atoms with Crippen LogP contribution in [0.15, 0.2) is 12.1 Å². The number of halogens is 2. The Balaban J connectivity index is 2.88. The summed E-state index contributed by atoms with van der Waals surface area (Å²) in [6.45, 7) is 4.02. The summed E-state index contributed by atoms with van der Waals surface area (Å²) in [6.07, 6.45) is 0.380. The van der Waals surface area contributed by atoms with Gasteiger partial charge >= 0.3 is 5.97 Å². The molecule has 110 valence electrons. The van der Waals surface area contributed by atoms with Crippen molar-refractivity contribution in [2.45, 2.75) is 32.7 Å². The number of hydrogen-bond donors (Lipinski definition) is 1. The molecule has 0 aromatic carbocycles. The Hall–Kier alpha value is -1.33. The molecule has 1 aromatic heterocycles. The lowest BCUT2D eigenvalue weighted by molar-refractivity contribution is -0.137. The predicted octanol–water partition coefficient (Wildman–Crippen LogP) is 3.10. The van der Waals surface area contributed by atoms with Crippen molar-refractivity contribution in [2.75, 3.05) is 6.54 Å². The number of aliphatic carboxylic acids is 1. The molecule has 0 unspecified atom stereocenters. The fraction of sp³-hybridized carbons (Fsp3) is 0.462. The summed E-state index contributed by atoms with van der Waals surface area (Å²) in [6, 6.07) is 2.93. The minimum absolute atomic E-state index is 0.00715. The van der Waals surface area contributed by atoms with Gasteiger partial charge in [0, 0.05) is 19.0 Å². The Kier molecular flexibility index (Phi) is 6.23. The van der Waals surface area contributed by atoms with E-state index in [1.54, 1.807) is 0 Å². The van der Waals surface area contributed by atoms with Crippen LogP contribution >= 0.6 is 23.2 Å². The van der Waals surface area contributed by atoms with Crippen LogP contribution in [0.4, 0.5) is 0 Å². The van der Waals surface area contributed by atoms with E-state index in [-0.39, 0.29) is 34.2 Å². The smallest absolute Gasteiger partial charge is 0.303 e. The summed E-state index contributed by atoms with van der Waals surface area (Å²) in [7, 11) is 0. The number of carbonyl (C=O) groups excluding carboxylic acids is 1. The number of carboxylic acids is 1. The van der Waals surface area contributed by atoms with E-state index in [4.69, 9.17) is 28.3 Å². The summed E-state index contributed by atoms with van der Waals surface area (Å²) in [5.74, 6) is -1.24. The molecule has 0 spiro atoms. The van der Waals surface area contributed by atoms with E-state index in [2.05, 4.69) is 4.98 Å².